The smallest absolute Gasteiger partial charge is 0.0351 e. The van der Waals surface area contributed by atoms with E-state index in [0.717, 1.165) is 18.4 Å². The molecule has 1 aromatic carbocycles. The van der Waals surface area contributed by atoms with Crippen LogP contribution in [-0.4, -0.2) is 6.54 Å². The molecule has 1 N–H and O–H groups in total. The van der Waals surface area contributed by atoms with Crippen LogP contribution in [0.3, 0.4) is 0 Å². The summed E-state index contributed by atoms with van der Waals surface area (Å²) in [5, 5.41) is 3.76. The third-order valence-electron chi connectivity index (χ3n) is 5.42. The Morgan fingerprint density at radius 1 is 1.10 bits per heavy atom. The first-order valence-electron chi connectivity index (χ1n) is 8.72. The average Bonchev–Trinajstić information content (AvgIpc) is 2.45. The highest BCUT2D eigenvalue weighted by Gasteiger charge is 2.33. The van der Waals surface area contributed by atoms with E-state index in [0.29, 0.717) is 11.5 Å². The highest BCUT2D eigenvalue weighted by atomic mass is 14.9. The largest absolute Gasteiger partial charge is 0.310 e. The predicted molar refractivity (Wildman–Crippen MR) is 92.5 cm³/mol. The fourth-order valence-corrected chi connectivity index (χ4v) is 4.00. The maximum Gasteiger partial charge on any atom is 0.0351 e. The van der Waals surface area contributed by atoms with Gasteiger partial charge in [-0.1, -0.05) is 52.0 Å². The van der Waals surface area contributed by atoms with Crippen molar-refractivity contribution in [3.8, 4) is 0 Å². The minimum absolute atomic E-state index is 0.474. The lowest BCUT2D eigenvalue weighted by Gasteiger charge is -2.40. The van der Waals surface area contributed by atoms with Crippen molar-refractivity contribution in [2.24, 2.45) is 17.3 Å². The summed E-state index contributed by atoms with van der Waals surface area (Å²) in [5.41, 5.74) is 3.42. The van der Waals surface area contributed by atoms with Gasteiger partial charge in [-0.3, -0.25) is 0 Å². The van der Waals surface area contributed by atoms with E-state index < -0.39 is 0 Å². The molecule has 0 amide bonds. The number of aryl methyl sites for hydroxylation is 1. The predicted octanol–water partition coefficient (Wildman–Crippen LogP) is 5.50. The summed E-state index contributed by atoms with van der Waals surface area (Å²) >= 11 is 0. The minimum Gasteiger partial charge on any atom is -0.310 e. The molecule has 1 fully saturated rings. The molecule has 0 saturated heterocycles. The van der Waals surface area contributed by atoms with E-state index in [4.69, 9.17) is 0 Å². The lowest BCUT2D eigenvalue weighted by atomic mass is 9.68. The summed E-state index contributed by atoms with van der Waals surface area (Å²) in [5.74, 6) is 1.69. The van der Waals surface area contributed by atoms with Gasteiger partial charge in [0.05, 0.1) is 0 Å². The van der Waals surface area contributed by atoms with Crippen LogP contribution in [0, 0.1) is 24.2 Å². The number of hydrogen-bond donors (Lipinski definition) is 1. The number of nitrogens with one attached hydrogen (secondary N) is 1. The molecule has 0 bridgehead atoms. The molecule has 1 saturated carbocycles. The first kappa shape index (κ1) is 16.5. The number of rotatable bonds is 4. The fourth-order valence-electron chi connectivity index (χ4n) is 4.00. The first-order chi connectivity index (χ1) is 9.93. The van der Waals surface area contributed by atoms with Gasteiger partial charge in [0.15, 0.2) is 0 Å². The van der Waals surface area contributed by atoms with E-state index in [-0.39, 0.29) is 0 Å². The van der Waals surface area contributed by atoms with Crippen LogP contribution < -0.4 is 5.32 Å². The van der Waals surface area contributed by atoms with Crippen LogP contribution in [-0.2, 0) is 0 Å². The molecule has 1 nitrogen and oxygen atoms in total. The second-order valence-electron chi connectivity index (χ2n) is 7.87. The van der Waals surface area contributed by atoms with Crippen LogP contribution in [0.25, 0.3) is 0 Å². The van der Waals surface area contributed by atoms with E-state index in [2.05, 4.69) is 64.2 Å². The molecule has 2 rings (SSSR count). The lowest BCUT2D eigenvalue weighted by molar-refractivity contribution is 0.133. The van der Waals surface area contributed by atoms with Crippen LogP contribution in [0.2, 0.25) is 0 Å². The maximum absolute atomic E-state index is 3.76. The van der Waals surface area contributed by atoms with Crippen molar-refractivity contribution < 1.29 is 0 Å². The Bertz CT molecular complexity index is 435. The second kappa shape index (κ2) is 6.96. The van der Waals surface area contributed by atoms with Gasteiger partial charge in [0, 0.05) is 6.04 Å². The molecule has 1 aromatic rings. The summed E-state index contributed by atoms with van der Waals surface area (Å²) in [7, 11) is 0. The van der Waals surface area contributed by atoms with Crippen molar-refractivity contribution in [2.45, 2.75) is 66.3 Å². The number of benzene rings is 1. The van der Waals surface area contributed by atoms with Crippen molar-refractivity contribution in [1.29, 1.82) is 0 Å². The third-order valence-corrected chi connectivity index (χ3v) is 5.42. The molecule has 118 valence electrons. The van der Waals surface area contributed by atoms with Crippen LogP contribution in [0.1, 0.15) is 70.5 Å². The summed E-state index contributed by atoms with van der Waals surface area (Å²) in [6.45, 7) is 12.7. The monoisotopic (exact) mass is 287 g/mol. The average molecular weight is 287 g/mol. The maximum atomic E-state index is 3.76. The topological polar surface area (TPSA) is 12.0 Å². The Kier molecular flexibility index (Phi) is 5.48. The molecule has 1 atom stereocenters. The summed E-state index contributed by atoms with van der Waals surface area (Å²) in [6, 6.07) is 9.45. The SMILES string of the molecule is CCNC(c1ccccc1C)C1CCC(C(C)(C)C)CC1. The molecule has 0 heterocycles. The standard InChI is InChI=1S/C20H33N/c1-6-21-19(18-10-8-7-9-15(18)2)16-11-13-17(14-12-16)20(3,4)5/h7-10,16-17,19,21H,6,11-14H2,1-5H3. The van der Waals surface area contributed by atoms with Gasteiger partial charge in [-0.2, -0.15) is 0 Å². The number of hydrogen-bond acceptors (Lipinski definition) is 1. The molecular weight excluding hydrogens is 254 g/mol. The molecule has 0 spiro atoms. The van der Waals surface area contributed by atoms with Crippen molar-refractivity contribution >= 4 is 0 Å². The van der Waals surface area contributed by atoms with Crippen molar-refractivity contribution in [3.05, 3.63) is 35.4 Å². The van der Waals surface area contributed by atoms with Crippen LogP contribution in [0.5, 0.6) is 0 Å². The first-order valence-corrected chi connectivity index (χ1v) is 8.72. The zero-order valence-corrected chi connectivity index (χ0v) is 14.6. The zero-order chi connectivity index (χ0) is 15.5. The molecule has 1 aliphatic carbocycles. The zero-order valence-electron chi connectivity index (χ0n) is 14.6. The normalized spacial score (nSPS) is 24.8. The van der Waals surface area contributed by atoms with Gasteiger partial charge in [-0.05, 0) is 67.5 Å². The lowest BCUT2D eigenvalue weighted by Crippen LogP contribution is -2.34. The van der Waals surface area contributed by atoms with Crippen LogP contribution in [0.4, 0.5) is 0 Å². The minimum atomic E-state index is 0.474. The molecule has 0 radical (unpaired) electrons. The Hall–Kier alpha value is -0.820. The Labute approximate surface area is 131 Å². The summed E-state index contributed by atoms with van der Waals surface area (Å²) < 4.78 is 0. The Morgan fingerprint density at radius 2 is 1.71 bits per heavy atom. The van der Waals surface area contributed by atoms with E-state index in [1.54, 1.807) is 0 Å². The van der Waals surface area contributed by atoms with Gasteiger partial charge in [-0.15, -0.1) is 0 Å². The highest BCUT2D eigenvalue weighted by Crippen LogP contribution is 2.43. The van der Waals surface area contributed by atoms with E-state index in [1.165, 1.54) is 36.8 Å². The van der Waals surface area contributed by atoms with Gasteiger partial charge >= 0.3 is 0 Å². The Balaban J connectivity index is 2.09. The summed E-state index contributed by atoms with van der Waals surface area (Å²) in [4.78, 5) is 0. The molecule has 1 heteroatoms. The van der Waals surface area contributed by atoms with Crippen LogP contribution in [0.15, 0.2) is 24.3 Å². The molecule has 21 heavy (non-hydrogen) atoms. The molecule has 0 aromatic heterocycles. The van der Waals surface area contributed by atoms with E-state index in [9.17, 15) is 0 Å². The molecular formula is C20H33N. The van der Waals surface area contributed by atoms with Gasteiger partial charge < -0.3 is 5.32 Å². The van der Waals surface area contributed by atoms with Gasteiger partial charge in [0.2, 0.25) is 0 Å². The quantitative estimate of drug-likeness (QED) is 0.771. The third kappa shape index (κ3) is 4.10. The van der Waals surface area contributed by atoms with Crippen molar-refractivity contribution in [2.75, 3.05) is 6.54 Å². The van der Waals surface area contributed by atoms with Crippen molar-refractivity contribution in [1.82, 2.24) is 5.32 Å². The fraction of sp³-hybridized carbons (Fsp3) is 0.700. The van der Waals surface area contributed by atoms with E-state index >= 15 is 0 Å². The Morgan fingerprint density at radius 3 is 2.24 bits per heavy atom. The van der Waals surface area contributed by atoms with Gasteiger partial charge in [-0.25, -0.2) is 0 Å². The van der Waals surface area contributed by atoms with Crippen LogP contribution >= 0.6 is 0 Å². The molecule has 1 aliphatic rings. The summed E-state index contributed by atoms with van der Waals surface area (Å²) in [6.07, 6.45) is 5.52. The second-order valence-corrected chi connectivity index (χ2v) is 7.87. The molecule has 1 unspecified atom stereocenters. The van der Waals surface area contributed by atoms with Gasteiger partial charge in [0.25, 0.3) is 0 Å². The van der Waals surface area contributed by atoms with E-state index in [1.807, 2.05) is 0 Å². The van der Waals surface area contributed by atoms with Crippen molar-refractivity contribution in [3.63, 3.8) is 0 Å². The van der Waals surface area contributed by atoms with Gasteiger partial charge in [0.1, 0.15) is 0 Å². The molecule has 0 aliphatic heterocycles. The highest BCUT2D eigenvalue weighted by molar-refractivity contribution is 5.29.